The number of hydrogen-bond acceptors (Lipinski definition) is 3. The Morgan fingerprint density at radius 3 is 2.94 bits per heavy atom. The number of aliphatic hydroxyl groups is 1. The van der Waals surface area contributed by atoms with Gasteiger partial charge in [0.2, 0.25) is 0 Å². The van der Waals surface area contributed by atoms with E-state index in [2.05, 4.69) is 26.2 Å². The molecule has 0 bridgehead atoms. The average Bonchev–Trinajstić information content (AvgIpc) is 2.29. The van der Waals surface area contributed by atoms with Gasteiger partial charge in [0, 0.05) is 19.3 Å². The third kappa shape index (κ3) is 4.28. The molecule has 16 heavy (non-hydrogen) atoms. The number of unbranched alkanes of at least 4 members (excludes halogenated alkanes) is 2. The van der Waals surface area contributed by atoms with E-state index in [9.17, 15) is 4.79 Å². The lowest BCUT2D eigenvalue weighted by atomic mass is 10.2. The number of aliphatic hydroxyl groups excluding tert-OH is 1. The molecule has 2 N–H and O–H groups in total. The molecule has 0 saturated heterocycles. The number of rotatable bonds is 6. The first-order valence-electron chi connectivity index (χ1n) is 5.25. The summed E-state index contributed by atoms with van der Waals surface area (Å²) in [6, 6.07) is 3.45. The second kappa shape index (κ2) is 7.35. The van der Waals surface area contributed by atoms with Gasteiger partial charge < -0.3 is 10.4 Å². The molecule has 0 aliphatic rings. The second-order valence-electron chi connectivity index (χ2n) is 3.38. The van der Waals surface area contributed by atoms with Gasteiger partial charge in [-0.3, -0.25) is 4.79 Å². The first kappa shape index (κ1) is 13.1. The molecule has 0 aliphatic heterocycles. The Labute approximate surface area is 103 Å². The SMILES string of the molecule is O=C(NCCCCCO)c1cccnc1Br. The molecular weight excluding hydrogens is 272 g/mol. The molecule has 0 fully saturated rings. The highest BCUT2D eigenvalue weighted by Gasteiger charge is 2.08. The van der Waals surface area contributed by atoms with Crippen molar-refractivity contribution in [2.75, 3.05) is 13.2 Å². The smallest absolute Gasteiger partial charge is 0.254 e. The molecule has 0 spiro atoms. The van der Waals surface area contributed by atoms with Gasteiger partial charge in [-0.15, -0.1) is 0 Å². The van der Waals surface area contributed by atoms with Crippen LogP contribution < -0.4 is 5.32 Å². The van der Waals surface area contributed by atoms with Crippen molar-refractivity contribution in [3.05, 3.63) is 28.5 Å². The van der Waals surface area contributed by atoms with Crippen molar-refractivity contribution in [1.29, 1.82) is 0 Å². The largest absolute Gasteiger partial charge is 0.396 e. The fourth-order valence-corrected chi connectivity index (χ4v) is 1.70. The number of aromatic nitrogens is 1. The standard InChI is InChI=1S/C11H15BrN2O2/c12-10-9(5-4-7-13-10)11(16)14-6-2-1-3-8-15/h4-5,7,15H,1-3,6,8H2,(H,14,16). The topological polar surface area (TPSA) is 62.2 Å². The molecule has 1 heterocycles. The Hall–Kier alpha value is -0.940. The van der Waals surface area contributed by atoms with Crippen LogP contribution in [0.25, 0.3) is 0 Å². The van der Waals surface area contributed by atoms with Crippen molar-refractivity contribution in [1.82, 2.24) is 10.3 Å². The van der Waals surface area contributed by atoms with Gasteiger partial charge in [-0.05, 0) is 47.3 Å². The third-order valence-corrected chi connectivity index (χ3v) is 2.76. The van der Waals surface area contributed by atoms with E-state index in [4.69, 9.17) is 5.11 Å². The fraction of sp³-hybridized carbons (Fsp3) is 0.455. The maximum absolute atomic E-state index is 11.7. The van der Waals surface area contributed by atoms with E-state index in [1.54, 1.807) is 18.3 Å². The van der Waals surface area contributed by atoms with Gasteiger partial charge in [-0.2, -0.15) is 0 Å². The fourth-order valence-electron chi connectivity index (χ4n) is 1.27. The predicted molar refractivity (Wildman–Crippen MR) is 65.2 cm³/mol. The number of amides is 1. The van der Waals surface area contributed by atoms with Crippen LogP contribution in [-0.4, -0.2) is 29.1 Å². The van der Waals surface area contributed by atoms with Crippen molar-refractivity contribution in [2.24, 2.45) is 0 Å². The lowest BCUT2D eigenvalue weighted by molar-refractivity contribution is 0.0951. The van der Waals surface area contributed by atoms with E-state index in [0.717, 1.165) is 19.3 Å². The van der Waals surface area contributed by atoms with Crippen molar-refractivity contribution in [3.8, 4) is 0 Å². The normalized spacial score (nSPS) is 10.1. The number of nitrogens with one attached hydrogen (secondary N) is 1. The third-order valence-electron chi connectivity index (χ3n) is 2.12. The number of carbonyl (C=O) groups excluding carboxylic acids is 1. The lowest BCUT2D eigenvalue weighted by Gasteiger charge is -2.05. The van der Waals surface area contributed by atoms with E-state index in [0.29, 0.717) is 16.7 Å². The Balaban J connectivity index is 2.33. The summed E-state index contributed by atoms with van der Waals surface area (Å²) >= 11 is 3.23. The second-order valence-corrected chi connectivity index (χ2v) is 4.13. The van der Waals surface area contributed by atoms with E-state index in [-0.39, 0.29) is 12.5 Å². The molecule has 88 valence electrons. The van der Waals surface area contributed by atoms with Gasteiger partial charge >= 0.3 is 0 Å². The highest BCUT2D eigenvalue weighted by atomic mass is 79.9. The monoisotopic (exact) mass is 286 g/mol. The molecule has 5 heteroatoms. The van der Waals surface area contributed by atoms with E-state index >= 15 is 0 Å². The van der Waals surface area contributed by atoms with E-state index in [1.807, 2.05) is 0 Å². The molecule has 0 unspecified atom stereocenters. The molecule has 0 saturated carbocycles. The minimum Gasteiger partial charge on any atom is -0.396 e. The number of carbonyl (C=O) groups is 1. The summed E-state index contributed by atoms with van der Waals surface area (Å²) in [6.45, 7) is 0.836. The molecule has 1 aromatic heterocycles. The zero-order valence-corrected chi connectivity index (χ0v) is 10.5. The molecule has 1 rings (SSSR count). The minimum atomic E-state index is -0.121. The van der Waals surface area contributed by atoms with Crippen LogP contribution in [0.15, 0.2) is 22.9 Å². The summed E-state index contributed by atoms with van der Waals surface area (Å²) in [5.41, 5.74) is 0.546. The van der Waals surface area contributed by atoms with Gasteiger partial charge in [-0.1, -0.05) is 0 Å². The Morgan fingerprint density at radius 2 is 2.25 bits per heavy atom. The maximum atomic E-state index is 11.7. The molecule has 0 radical (unpaired) electrons. The zero-order chi connectivity index (χ0) is 11.8. The zero-order valence-electron chi connectivity index (χ0n) is 8.95. The van der Waals surface area contributed by atoms with Crippen LogP contribution >= 0.6 is 15.9 Å². The molecule has 0 atom stereocenters. The van der Waals surface area contributed by atoms with E-state index in [1.165, 1.54) is 0 Å². The van der Waals surface area contributed by atoms with Gasteiger partial charge in [0.25, 0.3) is 5.91 Å². The summed E-state index contributed by atoms with van der Waals surface area (Å²) < 4.78 is 0.558. The Morgan fingerprint density at radius 1 is 1.44 bits per heavy atom. The van der Waals surface area contributed by atoms with Gasteiger partial charge in [0.1, 0.15) is 4.60 Å². The number of halogens is 1. The van der Waals surface area contributed by atoms with Crippen LogP contribution in [0.2, 0.25) is 0 Å². The summed E-state index contributed by atoms with van der Waals surface area (Å²) in [5.74, 6) is -0.121. The van der Waals surface area contributed by atoms with Crippen LogP contribution in [-0.2, 0) is 0 Å². The number of hydrogen-bond donors (Lipinski definition) is 2. The first-order valence-corrected chi connectivity index (χ1v) is 6.04. The van der Waals surface area contributed by atoms with Crippen LogP contribution in [0, 0.1) is 0 Å². The van der Waals surface area contributed by atoms with Crippen LogP contribution in [0.5, 0.6) is 0 Å². The van der Waals surface area contributed by atoms with Crippen molar-refractivity contribution in [2.45, 2.75) is 19.3 Å². The number of nitrogens with zero attached hydrogens (tertiary/aromatic N) is 1. The first-order chi connectivity index (χ1) is 7.75. The Kier molecular flexibility index (Phi) is 6.03. The summed E-state index contributed by atoms with van der Waals surface area (Å²) in [6.07, 6.45) is 4.21. The summed E-state index contributed by atoms with van der Waals surface area (Å²) in [7, 11) is 0. The van der Waals surface area contributed by atoms with Crippen LogP contribution in [0.1, 0.15) is 29.6 Å². The Bertz CT molecular complexity index is 345. The highest BCUT2D eigenvalue weighted by Crippen LogP contribution is 2.11. The minimum absolute atomic E-state index is 0.121. The summed E-state index contributed by atoms with van der Waals surface area (Å²) in [4.78, 5) is 15.6. The molecule has 4 nitrogen and oxygen atoms in total. The summed E-state index contributed by atoms with van der Waals surface area (Å²) in [5, 5.41) is 11.4. The van der Waals surface area contributed by atoms with E-state index < -0.39 is 0 Å². The van der Waals surface area contributed by atoms with Gasteiger partial charge in [-0.25, -0.2) is 4.98 Å². The quantitative estimate of drug-likeness (QED) is 0.619. The average molecular weight is 287 g/mol. The molecular formula is C11H15BrN2O2. The van der Waals surface area contributed by atoms with Gasteiger partial charge in [0.05, 0.1) is 5.56 Å². The predicted octanol–water partition coefficient (Wildman–Crippen LogP) is 1.74. The lowest BCUT2D eigenvalue weighted by Crippen LogP contribution is -2.25. The van der Waals surface area contributed by atoms with Crippen LogP contribution in [0.4, 0.5) is 0 Å². The maximum Gasteiger partial charge on any atom is 0.254 e. The number of pyridine rings is 1. The molecule has 0 aliphatic carbocycles. The van der Waals surface area contributed by atoms with Crippen molar-refractivity contribution in [3.63, 3.8) is 0 Å². The molecule has 0 aromatic carbocycles. The van der Waals surface area contributed by atoms with Crippen molar-refractivity contribution >= 4 is 21.8 Å². The van der Waals surface area contributed by atoms with Crippen molar-refractivity contribution < 1.29 is 9.90 Å². The van der Waals surface area contributed by atoms with Crippen LogP contribution in [0.3, 0.4) is 0 Å². The molecule has 1 aromatic rings. The highest BCUT2D eigenvalue weighted by molar-refractivity contribution is 9.10. The molecule has 1 amide bonds. The van der Waals surface area contributed by atoms with Gasteiger partial charge in [0.15, 0.2) is 0 Å².